The van der Waals surface area contributed by atoms with E-state index in [9.17, 15) is 19.5 Å². The molecule has 0 fully saturated rings. The Kier molecular flexibility index (Phi) is 4.09. The minimum Gasteiger partial charge on any atom is -0.479 e. The number of nitrogens with one attached hydrogen (secondary N) is 1. The molecule has 0 spiro atoms. The van der Waals surface area contributed by atoms with Crippen LogP contribution < -0.4 is 5.32 Å². The third-order valence-corrected chi connectivity index (χ3v) is 2.31. The second-order valence-corrected chi connectivity index (χ2v) is 3.64. The molecule has 1 rings (SSSR count). The number of amides is 1. The third-order valence-electron chi connectivity index (χ3n) is 2.31. The first-order valence-electron chi connectivity index (χ1n) is 5.05. The number of furan rings is 1. The van der Waals surface area contributed by atoms with E-state index in [0.29, 0.717) is 0 Å². The summed E-state index contributed by atoms with van der Waals surface area (Å²) < 4.78 is 9.44. The Morgan fingerprint density at radius 1 is 1.50 bits per heavy atom. The molecular formula is C11H13NO6. The zero-order valence-electron chi connectivity index (χ0n) is 9.93. The van der Waals surface area contributed by atoms with E-state index in [2.05, 4.69) is 10.1 Å². The lowest BCUT2D eigenvalue weighted by molar-refractivity contribution is -0.163. The van der Waals surface area contributed by atoms with E-state index in [-0.39, 0.29) is 12.2 Å². The average molecular weight is 255 g/mol. The molecule has 18 heavy (non-hydrogen) atoms. The maximum absolute atomic E-state index is 11.7. The lowest BCUT2D eigenvalue weighted by Gasteiger charge is -2.26. The summed E-state index contributed by atoms with van der Waals surface area (Å²) in [5, 5.41) is 11.3. The molecule has 0 saturated heterocycles. The van der Waals surface area contributed by atoms with Gasteiger partial charge in [-0.2, -0.15) is 0 Å². The molecule has 1 heterocycles. The van der Waals surface area contributed by atoms with Crippen molar-refractivity contribution in [2.45, 2.75) is 18.9 Å². The van der Waals surface area contributed by atoms with Crippen LogP contribution >= 0.6 is 0 Å². The normalized spacial score (nSPS) is 13.4. The molecule has 1 aromatic rings. The first-order valence-corrected chi connectivity index (χ1v) is 5.05. The highest BCUT2D eigenvalue weighted by atomic mass is 16.5. The highest BCUT2D eigenvalue weighted by molar-refractivity contribution is 6.07. The van der Waals surface area contributed by atoms with Gasteiger partial charge < -0.3 is 19.6 Å². The Bertz CT molecular complexity index is 452. The Balaban J connectivity index is 3.15. The van der Waals surface area contributed by atoms with Crippen molar-refractivity contribution in [3.63, 3.8) is 0 Å². The van der Waals surface area contributed by atoms with Crippen molar-refractivity contribution in [1.82, 2.24) is 5.32 Å². The summed E-state index contributed by atoms with van der Waals surface area (Å²) in [7, 11) is 1.05. The van der Waals surface area contributed by atoms with Gasteiger partial charge in [-0.3, -0.25) is 4.79 Å². The van der Waals surface area contributed by atoms with Gasteiger partial charge in [0.25, 0.3) is 0 Å². The molecule has 0 unspecified atom stereocenters. The molecule has 0 aliphatic rings. The Morgan fingerprint density at radius 3 is 2.56 bits per heavy atom. The van der Waals surface area contributed by atoms with Crippen LogP contribution in [0.15, 0.2) is 22.8 Å². The van der Waals surface area contributed by atoms with Crippen molar-refractivity contribution in [3.8, 4) is 0 Å². The van der Waals surface area contributed by atoms with E-state index < -0.39 is 23.4 Å². The van der Waals surface area contributed by atoms with Crippen LogP contribution in [-0.4, -0.2) is 35.6 Å². The van der Waals surface area contributed by atoms with Crippen LogP contribution in [0.25, 0.3) is 0 Å². The number of esters is 1. The van der Waals surface area contributed by atoms with Crippen molar-refractivity contribution >= 4 is 17.8 Å². The second kappa shape index (κ2) is 5.35. The SMILES string of the molecule is COC(=O)[C@@](Cc1ccco1)(NC(C)=O)C(=O)O. The fourth-order valence-corrected chi connectivity index (χ4v) is 1.53. The topological polar surface area (TPSA) is 106 Å². The summed E-state index contributed by atoms with van der Waals surface area (Å²) in [6, 6.07) is 3.05. The van der Waals surface area contributed by atoms with E-state index in [1.807, 2.05) is 0 Å². The number of carbonyl (C=O) groups is 3. The maximum atomic E-state index is 11.7. The number of carboxylic acid groups (broad SMARTS) is 1. The molecule has 1 amide bonds. The van der Waals surface area contributed by atoms with Crippen LogP contribution in [0, 0.1) is 0 Å². The molecular weight excluding hydrogens is 242 g/mol. The fourth-order valence-electron chi connectivity index (χ4n) is 1.53. The summed E-state index contributed by atoms with van der Waals surface area (Å²) in [4.78, 5) is 34.1. The zero-order valence-corrected chi connectivity index (χ0v) is 9.93. The van der Waals surface area contributed by atoms with Crippen molar-refractivity contribution in [1.29, 1.82) is 0 Å². The van der Waals surface area contributed by atoms with Gasteiger partial charge in [0.1, 0.15) is 5.76 Å². The Morgan fingerprint density at radius 2 is 2.17 bits per heavy atom. The van der Waals surface area contributed by atoms with Crippen LogP contribution in [-0.2, 0) is 25.5 Å². The Labute approximate surface area is 103 Å². The highest BCUT2D eigenvalue weighted by Gasteiger charge is 2.49. The molecule has 0 bridgehead atoms. The summed E-state index contributed by atoms with van der Waals surface area (Å²) in [6.07, 6.45) is 1.01. The maximum Gasteiger partial charge on any atom is 0.343 e. The molecule has 2 N–H and O–H groups in total. The summed E-state index contributed by atoms with van der Waals surface area (Å²) in [6.45, 7) is 1.11. The number of ether oxygens (including phenoxy) is 1. The average Bonchev–Trinajstić information content (AvgIpc) is 2.78. The van der Waals surface area contributed by atoms with E-state index in [4.69, 9.17) is 4.42 Å². The van der Waals surface area contributed by atoms with E-state index in [0.717, 1.165) is 14.0 Å². The third kappa shape index (κ3) is 2.68. The van der Waals surface area contributed by atoms with E-state index >= 15 is 0 Å². The molecule has 1 aromatic heterocycles. The number of carbonyl (C=O) groups excluding carboxylic acids is 2. The molecule has 0 aliphatic carbocycles. The first-order chi connectivity index (χ1) is 8.42. The molecule has 1 atom stereocenters. The first kappa shape index (κ1) is 13.8. The quantitative estimate of drug-likeness (QED) is 0.564. The number of aliphatic carboxylic acids is 1. The Hall–Kier alpha value is -2.31. The van der Waals surface area contributed by atoms with E-state index in [1.165, 1.54) is 12.3 Å². The molecule has 0 aromatic carbocycles. The van der Waals surface area contributed by atoms with Gasteiger partial charge in [0.2, 0.25) is 11.4 Å². The van der Waals surface area contributed by atoms with Crippen molar-refractivity contribution in [2.24, 2.45) is 0 Å². The summed E-state index contributed by atoms with van der Waals surface area (Å²) >= 11 is 0. The monoisotopic (exact) mass is 255 g/mol. The van der Waals surface area contributed by atoms with Gasteiger partial charge in [-0.15, -0.1) is 0 Å². The number of rotatable bonds is 5. The highest BCUT2D eigenvalue weighted by Crippen LogP contribution is 2.17. The molecule has 98 valence electrons. The van der Waals surface area contributed by atoms with Crippen LogP contribution in [0.1, 0.15) is 12.7 Å². The predicted octanol–water partition coefficient (Wildman–Crippen LogP) is -0.0454. The van der Waals surface area contributed by atoms with Gasteiger partial charge in [-0.25, -0.2) is 9.59 Å². The number of carboxylic acids is 1. The van der Waals surface area contributed by atoms with Crippen LogP contribution in [0.2, 0.25) is 0 Å². The molecule has 7 heteroatoms. The van der Waals surface area contributed by atoms with Crippen molar-refractivity contribution in [3.05, 3.63) is 24.2 Å². The summed E-state index contributed by atoms with van der Waals surface area (Å²) in [5.41, 5.74) is -2.18. The van der Waals surface area contributed by atoms with Gasteiger partial charge in [0, 0.05) is 6.92 Å². The standard InChI is InChI=1S/C11H13NO6/c1-7(13)12-11(9(14)15,10(16)17-2)6-8-4-3-5-18-8/h3-5H,6H2,1-2H3,(H,12,13)(H,14,15)/t11-/m0/s1. The smallest absolute Gasteiger partial charge is 0.343 e. The van der Waals surface area contributed by atoms with Crippen LogP contribution in [0.5, 0.6) is 0 Å². The van der Waals surface area contributed by atoms with Crippen LogP contribution in [0.4, 0.5) is 0 Å². The predicted molar refractivity (Wildman–Crippen MR) is 58.6 cm³/mol. The van der Waals surface area contributed by atoms with Crippen molar-refractivity contribution < 1.29 is 28.6 Å². The minimum atomic E-state index is -2.18. The number of hydrogen-bond donors (Lipinski definition) is 2. The zero-order chi connectivity index (χ0) is 13.8. The lowest BCUT2D eigenvalue weighted by atomic mass is 9.93. The second-order valence-electron chi connectivity index (χ2n) is 3.64. The molecule has 0 saturated carbocycles. The van der Waals surface area contributed by atoms with Crippen LogP contribution in [0.3, 0.4) is 0 Å². The molecule has 0 radical (unpaired) electrons. The van der Waals surface area contributed by atoms with Gasteiger partial charge in [0.15, 0.2) is 0 Å². The molecule has 0 aliphatic heterocycles. The lowest BCUT2D eigenvalue weighted by Crippen LogP contribution is -2.61. The van der Waals surface area contributed by atoms with Crippen molar-refractivity contribution in [2.75, 3.05) is 7.11 Å². The fraction of sp³-hybridized carbons (Fsp3) is 0.364. The van der Waals surface area contributed by atoms with Gasteiger partial charge in [-0.1, -0.05) is 0 Å². The number of methoxy groups -OCH3 is 1. The molecule has 7 nitrogen and oxygen atoms in total. The van der Waals surface area contributed by atoms with E-state index in [1.54, 1.807) is 6.07 Å². The number of hydrogen-bond acceptors (Lipinski definition) is 5. The van der Waals surface area contributed by atoms with Gasteiger partial charge >= 0.3 is 11.9 Å². The van der Waals surface area contributed by atoms with Gasteiger partial charge in [0.05, 0.1) is 19.8 Å². The summed E-state index contributed by atoms with van der Waals surface area (Å²) in [5.74, 6) is -2.99. The largest absolute Gasteiger partial charge is 0.479 e. The minimum absolute atomic E-state index is 0.247. The van der Waals surface area contributed by atoms with Gasteiger partial charge in [-0.05, 0) is 12.1 Å².